The van der Waals surface area contributed by atoms with Crippen LogP contribution in [0.2, 0.25) is 0 Å². The lowest BCUT2D eigenvalue weighted by Crippen LogP contribution is -2.38. The summed E-state index contributed by atoms with van der Waals surface area (Å²) >= 11 is 1.35. The number of carbonyl (C=O) groups excluding carboxylic acids is 1. The Bertz CT molecular complexity index is 982. The molecule has 0 saturated carbocycles. The third kappa shape index (κ3) is 4.19. The van der Waals surface area contributed by atoms with Gasteiger partial charge >= 0.3 is 5.69 Å². The van der Waals surface area contributed by atoms with E-state index in [2.05, 4.69) is 5.32 Å². The van der Waals surface area contributed by atoms with Crippen molar-refractivity contribution in [2.75, 3.05) is 18.5 Å². The van der Waals surface area contributed by atoms with Gasteiger partial charge in [-0.3, -0.25) is 18.7 Å². The third-order valence-corrected chi connectivity index (χ3v) is 5.46. The van der Waals surface area contributed by atoms with Gasteiger partial charge in [0.05, 0.1) is 5.25 Å². The van der Waals surface area contributed by atoms with Crippen LogP contribution in [0.1, 0.15) is 12.6 Å². The Balaban J connectivity index is 1.63. The predicted molar refractivity (Wildman–Crippen MR) is 104 cm³/mol. The summed E-state index contributed by atoms with van der Waals surface area (Å²) in [4.78, 5) is 36.2. The van der Waals surface area contributed by atoms with Crippen LogP contribution in [0.4, 0.5) is 5.69 Å². The lowest BCUT2D eigenvalue weighted by atomic mass is 10.2. The van der Waals surface area contributed by atoms with Crippen molar-refractivity contribution in [3.05, 3.63) is 50.8 Å². The van der Waals surface area contributed by atoms with Crippen molar-refractivity contribution in [1.82, 2.24) is 9.13 Å². The Kier molecular flexibility index (Phi) is 5.59. The Morgan fingerprint density at radius 1 is 1.15 bits per heavy atom. The fourth-order valence-electron chi connectivity index (χ4n) is 2.57. The van der Waals surface area contributed by atoms with E-state index in [1.807, 2.05) is 0 Å². The summed E-state index contributed by atoms with van der Waals surface area (Å²) in [6, 6.07) is 6.67. The van der Waals surface area contributed by atoms with Crippen LogP contribution in [0.5, 0.6) is 11.5 Å². The molecule has 2 heterocycles. The molecule has 1 atom stereocenters. The van der Waals surface area contributed by atoms with Crippen LogP contribution in [0.25, 0.3) is 0 Å². The number of thioether (sulfide) groups is 1. The first kappa shape index (κ1) is 19.1. The van der Waals surface area contributed by atoms with E-state index in [0.29, 0.717) is 41.8 Å². The summed E-state index contributed by atoms with van der Waals surface area (Å²) in [6.45, 7) is 2.76. The van der Waals surface area contributed by atoms with Gasteiger partial charge in [0.15, 0.2) is 11.5 Å². The lowest BCUT2D eigenvalue weighted by molar-refractivity contribution is -0.115. The molecular weight excluding hydrogens is 370 g/mol. The molecule has 0 bridgehead atoms. The molecule has 1 aromatic carbocycles. The quantitative estimate of drug-likeness (QED) is 0.821. The van der Waals surface area contributed by atoms with Crippen molar-refractivity contribution < 1.29 is 14.3 Å². The summed E-state index contributed by atoms with van der Waals surface area (Å²) in [5.41, 5.74) is 0.457. The van der Waals surface area contributed by atoms with Crippen molar-refractivity contribution in [2.45, 2.75) is 17.9 Å². The molecule has 0 fully saturated rings. The number of amides is 1. The lowest BCUT2D eigenvalue weighted by Gasteiger charge is -2.19. The van der Waals surface area contributed by atoms with E-state index in [9.17, 15) is 14.4 Å². The molecule has 9 heteroatoms. The minimum Gasteiger partial charge on any atom is -0.486 e. The second-order valence-electron chi connectivity index (χ2n) is 6.18. The van der Waals surface area contributed by atoms with Crippen molar-refractivity contribution >= 4 is 23.4 Å². The number of nitrogens with one attached hydrogen (secondary N) is 1. The first-order chi connectivity index (χ1) is 12.9. The molecule has 0 radical (unpaired) electrons. The van der Waals surface area contributed by atoms with Crippen LogP contribution in [0.3, 0.4) is 0 Å². The molecule has 3 rings (SSSR count). The number of rotatable bonds is 5. The largest absolute Gasteiger partial charge is 0.486 e. The summed E-state index contributed by atoms with van der Waals surface area (Å²) in [5, 5.41) is 2.47. The number of aromatic nitrogens is 2. The molecule has 1 amide bonds. The second kappa shape index (κ2) is 7.91. The van der Waals surface area contributed by atoms with Gasteiger partial charge < -0.3 is 14.8 Å². The Labute approximate surface area is 160 Å². The topological polar surface area (TPSA) is 91.6 Å². The van der Waals surface area contributed by atoms with E-state index >= 15 is 0 Å². The zero-order valence-corrected chi connectivity index (χ0v) is 16.2. The maximum atomic E-state index is 12.4. The highest BCUT2D eigenvalue weighted by atomic mass is 32.2. The molecule has 0 aliphatic carbocycles. The van der Waals surface area contributed by atoms with Gasteiger partial charge in [-0.25, -0.2) is 4.79 Å². The molecule has 8 nitrogen and oxygen atoms in total. The normalized spacial score (nSPS) is 13.9. The number of nitrogens with zero attached hydrogens (tertiary/aromatic N) is 2. The first-order valence-corrected chi connectivity index (χ1v) is 9.49. The maximum absolute atomic E-state index is 12.4. The van der Waals surface area contributed by atoms with Crippen LogP contribution in [-0.4, -0.2) is 33.5 Å². The predicted octanol–water partition coefficient (Wildman–Crippen LogP) is 1.12. The average molecular weight is 391 g/mol. The summed E-state index contributed by atoms with van der Waals surface area (Å²) < 4.78 is 13.4. The molecular formula is C18H21N3O5S. The SMILES string of the molecule is CC(SCc1cc(=O)n(C)c(=O)n1C)C(=O)Nc1ccc2c(c1)OCCO2. The second-order valence-corrected chi connectivity index (χ2v) is 7.50. The van der Waals surface area contributed by atoms with E-state index in [4.69, 9.17) is 9.47 Å². The summed E-state index contributed by atoms with van der Waals surface area (Å²) in [7, 11) is 3.04. The molecule has 0 saturated heterocycles. The molecule has 1 aliphatic heterocycles. The number of hydrogen-bond donors (Lipinski definition) is 1. The minimum atomic E-state index is -0.383. The third-order valence-electron chi connectivity index (χ3n) is 4.29. The smallest absolute Gasteiger partial charge is 0.330 e. The van der Waals surface area contributed by atoms with Crippen molar-refractivity contribution in [2.24, 2.45) is 14.1 Å². The van der Waals surface area contributed by atoms with E-state index in [1.54, 1.807) is 32.2 Å². The van der Waals surface area contributed by atoms with Crippen LogP contribution in [-0.2, 0) is 24.6 Å². The first-order valence-electron chi connectivity index (χ1n) is 8.45. The average Bonchev–Trinajstić information content (AvgIpc) is 2.67. The molecule has 2 aromatic rings. The summed E-state index contributed by atoms with van der Waals surface area (Å²) in [6.07, 6.45) is 0. The number of hydrogen-bond acceptors (Lipinski definition) is 6. The van der Waals surface area contributed by atoms with Crippen LogP contribution >= 0.6 is 11.8 Å². The van der Waals surface area contributed by atoms with Gasteiger partial charge in [0.1, 0.15) is 13.2 Å². The van der Waals surface area contributed by atoms with Gasteiger partial charge in [-0.2, -0.15) is 0 Å². The standard InChI is InChI=1S/C18H21N3O5S/c1-11(27-10-13-9-16(22)21(3)18(24)20(13)2)17(23)19-12-4-5-14-15(8-12)26-7-6-25-14/h4-5,8-9,11H,6-7,10H2,1-3H3,(H,19,23). The highest BCUT2D eigenvalue weighted by Crippen LogP contribution is 2.32. The molecule has 144 valence electrons. The van der Waals surface area contributed by atoms with Crippen molar-refractivity contribution in [3.63, 3.8) is 0 Å². The molecule has 1 unspecified atom stereocenters. The van der Waals surface area contributed by atoms with Gasteiger partial charge in [0.25, 0.3) is 5.56 Å². The highest BCUT2D eigenvalue weighted by Gasteiger charge is 2.17. The molecule has 1 aliphatic rings. The number of benzene rings is 1. The van der Waals surface area contributed by atoms with Crippen LogP contribution in [0, 0.1) is 0 Å². The monoisotopic (exact) mass is 391 g/mol. The van der Waals surface area contributed by atoms with E-state index in [0.717, 1.165) is 4.57 Å². The van der Waals surface area contributed by atoms with E-state index in [1.165, 1.54) is 29.4 Å². The van der Waals surface area contributed by atoms with Gasteiger partial charge in [0.2, 0.25) is 5.91 Å². The highest BCUT2D eigenvalue weighted by molar-refractivity contribution is 7.99. The van der Waals surface area contributed by atoms with Crippen molar-refractivity contribution in [3.8, 4) is 11.5 Å². The summed E-state index contributed by atoms with van der Waals surface area (Å²) in [5.74, 6) is 1.46. The number of anilines is 1. The fourth-order valence-corrected chi connectivity index (χ4v) is 3.48. The van der Waals surface area contributed by atoms with Gasteiger partial charge in [-0.15, -0.1) is 11.8 Å². The number of ether oxygens (including phenoxy) is 2. The van der Waals surface area contributed by atoms with Crippen LogP contribution in [0.15, 0.2) is 33.9 Å². The van der Waals surface area contributed by atoms with Crippen molar-refractivity contribution in [1.29, 1.82) is 0 Å². The molecule has 0 spiro atoms. The molecule has 1 N–H and O–H groups in total. The van der Waals surface area contributed by atoms with Gasteiger partial charge in [-0.1, -0.05) is 0 Å². The fraction of sp³-hybridized carbons (Fsp3) is 0.389. The van der Waals surface area contributed by atoms with Gasteiger partial charge in [0, 0.05) is 43.4 Å². The van der Waals surface area contributed by atoms with Crippen LogP contribution < -0.4 is 26.0 Å². The van der Waals surface area contributed by atoms with Gasteiger partial charge in [-0.05, 0) is 19.1 Å². The zero-order chi connectivity index (χ0) is 19.6. The van der Waals surface area contributed by atoms with E-state index in [-0.39, 0.29) is 22.4 Å². The minimum absolute atomic E-state index is 0.175. The van der Waals surface area contributed by atoms with E-state index < -0.39 is 0 Å². The number of carbonyl (C=O) groups is 1. The Morgan fingerprint density at radius 2 is 1.85 bits per heavy atom. The number of fused-ring (bicyclic) bond motifs is 1. The Hall–Kier alpha value is -2.68. The molecule has 27 heavy (non-hydrogen) atoms. The zero-order valence-electron chi connectivity index (χ0n) is 15.4. The molecule has 1 aromatic heterocycles. The maximum Gasteiger partial charge on any atom is 0.330 e. The Morgan fingerprint density at radius 3 is 2.59 bits per heavy atom.